The van der Waals surface area contributed by atoms with Gasteiger partial charge in [0.15, 0.2) is 0 Å². The molecule has 1 unspecified atom stereocenters. The van der Waals surface area contributed by atoms with Crippen LogP contribution in [-0.4, -0.2) is 79.2 Å². The molecule has 1 aliphatic rings. The first-order chi connectivity index (χ1) is 15.6. The highest BCUT2D eigenvalue weighted by atomic mass is 32.2. The summed E-state index contributed by atoms with van der Waals surface area (Å²) in [5.41, 5.74) is 0.411. The summed E-state index contributed by atoms with van der Waals surface area (Å²) < 4.78 is 30.8. The van der Waals surface area contributed by atoms with E-state index in [-0.39, 0.29) is 44.8 Å². The maximum Gasteiger partial charge on any atom is 0.303 e. The molecule has 0 fully saturated rings. The number of nitrogens with one attached hydrogen (secondary N) is 2. The third-order valence-corrected chi connectivity index (χ3v) is 5.14. The van der Waals surface area contributed by atoms with Gasteiger partial charge < -0.3 is 20.6 Å². The summed E-state index contributed by atoms with van der Waals surface area (Å²) >= 11 is 0. The largest absolute Gasteiger partial charge is 0.481 e. The monoisotopic (exact) mass is 485 g/mol. The minimum Gasteiger partial charge on any atom is -0.481 e. The number of carboxylic acid groups (broad SMARTS) is 1. The van der Waals surface area contributed by atoms with Crippen molar-refractivity contribution in [3.8, 4) is 0 Å². The van der Waals surface area contributed by atoms with Gasteiger partial charge in [-0.15, -0.1) is 0 Å². The molecule has 1 rings (SSSR count). The second kappa shape index (κ2) is 16.8. The van der Waals surface area contributed by atoms with E-state index in [1.54, 1.807) is 43.5 Å². The molecule has 0 aromatic rings. The van der Waals surface area contributed by atoms with Crippen molar-refractivity contribution in [2.75, 3.05) is 32.4 Å². The van der Waals surface area contributed by atoms with Crippen molar-refractivity contribution < 1.29 is 32.5 Å². The molecule has 0 saturated carbocycles. The molecule has 0 aromatic carbocycles. The molecule has 0 heterocycles. The van der Waals surface area contributed by atoms with E-state index in [1.807, 2.05) is 19.9 Å². The topological polar surface area (TPSA) is 153 Å². The van der Waals surface area contributed by atoms with Gasteiger partial charge >= 0.3 is 5.97 Å². The van der Waals surface area contributed by atoms with E-state index in [1.165, 1.54) is 4.90 Å². The molecule has 0 bridgehead atoms. The van der Waals surface area contributed by atoms with E-state index in [0.717, 1.165) is 0 Å². The van der Waals surface area contributed by atoms with Gasteiger partial charge in [-0.1, -0.05) is 44.2 Å². The van der Waals surface area contributed by atoms with Gasteiger partial charge in [0.2, 0.25) is 5.91 Å². The number of amides is 2. The molecule has 11 heteroatoms. The van der Waals surface area contributed by atoms with Crippen LogP contribution in [0.2, 0.25) is 0 Å². The lowest BCUT2D eigenvalue weighted by Crippen LogP contribution is -2.51. The van der Waals surface area contributed by atoms with E-state index in [2.05, 4.69) is 10.6 Å². The lowest BCUT2D eigenvalue weighted by Gasteiger charge is -2.27. The number of carbonyl (C=O) groups excluding carboxylic acids is 2. The number of allylic oxidation sites excluding steroid dienone is 6. The Kier molecular flexibility index (Phi) is 15.4. The molecule has 0 aliphatic heterocycles. The zero-order valence-corrected chi connectivity index (χ0v) is 20.2. The second-order valence-corrected chi connectivity index (χ2v) is 8.34. The van der Waals surface area contributed by atoms with Crippen molar-refractivity contribution in [3.63, 3.8) is 0 Å². The van der Waals surface area contributed by atoms with Gasteiger partial charge in [0.1, 0.15) is 6.04 Å². The second-order valence-electron chi connectivity index (χ2n) is 6.76. The predicted octanol–water partition coefficient (Wildman–Crippen LogP) is 1.30. The Balaban J connectivity index is 0.00000497. The molecule has 2 amide bonds. The highest BCUT2D eigenvalue weighted by molar-refractivity contribution is 7.85. The van der Waals surface area contributed by atoms with Crippen LogP contribution in [0.5, 0.6) is 0 Å². The number of aliphatic carboxylic acids is 1. The van der Waals surface area contributed by atoms with Gasteiger partial charge in [-0.05, 0) is 32.0 Å². The van der Waals surface area contributed by atoms with Crippen molar-refractivity contribution in [3.05, 3.63) is 48.1 Å². The first-order valence-electron chi connectivity index (χ1n) is 10.8. The van der Waals surface area contributed by atoms with Gasteiger partial charge in [0.05, 0.1) is 5.75 Å². The van der Waals surface area contributed by atoms with E-state index in [0.29, 0.717) is 5.57 Å². The Morgan fingerprint density at radius 1 is 1.03 bits per heavy atom. The fourth-order valence-corrected chi connectivity index (χ4v) is 3.23. The van der Waals surface area contributed by atoms with E-state index >= 15 is 0 Å². The maximum absolute atomic E-state index is 12.9. The minimum atomic E-state index is -4.17. The fourth-order valence-electron chi connectivity index (χ4n) is 2.74. The van der Waals surface area contributed by atoms with Crippen LogP contribution in [0.15, 0.2) is 48.1 Å². The zero-order valence-electron chi connectivity index (χ0n) is 19.4. The summed E-state index contributed by atoms with van der Waals surface area (Å²) in [7, 11) is -2.63. The van der Waals surface area contributed by atoms with Crippen molar-refractivity contribution in [2.24, 2.45) is 0 Å². The summed E-state index contributed by atoms with van der Waals surface area (Å²) in [5.74, 6) is -2.30. The molecule has 33 heavy (non-hydrogen) atoms. The molecule has 1 aliphatic carbocycles. The quantitative estimate of drug-likeness (QED) is 0.285. The number of likely N-dealkylation sites (N-methyl/N-ethyl adjacent to an activating group) is 1. The summed E-state index contributed by atoms with van der Waals surface area (Å²) in [6.45, 7) is 4.11. The molecule has 0 radical (unpaired) electrons. The third-order valence-electron chi connectivity index (χ3n) is 4.33. The maximum atomic E-state index is 12.9. The molecule has 10 nitrogen and oxygen atoms in total. The highest BCUT2D eigenvalue weighted by Crippen LogP contribution is 2.05. The molecule has 0 spiro atoms. The number of carbonyl (C=O) groups is 3. The fraction of sp³-hybridized carbons (Fsp3) is 0.500. The van der Waals surface area contributed by atoms with Gasteiger partial charge in [-0.25, -0.2) is 0 Å². The van der Waals surface area contributed by atoms with E-state index in [4.69, 9.17) is 9.66 Å². The standard InChI is InChI=1S/C20H29N3O7S.C2H6/c1-21-17(15-22-19(26)16-9-5-3-2-4-6-10-16)20(27)23(12-7-11-18(24)25)13-8-14-31(28,29)30;1-2/h2-6,9-10,17,21H,7-8,11-15H2,1H3,(H,22,26)(H,24,25)(H,28,29,30);1-2H3/b3-2-,4-2?,5-3?,6-4-,9-5-,10-6?,16-9?,16-10+;. The Morgan fingerprint density at radius 2 is 1.64 bits per heavy atom. The van der Waals surface area contributed by atoms with Crippen molar-refractivity contribution in [1.29, 1.82) is 0 Å². The van der Waals surface area contributed by atoms with Gasteiger partial charge in [-0.2, -0.15) is 8.42 Å². The average Bonchev–Trinajstić information content (AvgIpc) is 2.73. The summed E-state index contributed by atoms with van der Waals surface area (Å²) in [6, 6.07) is -0.798. The molecular weight excluding hydrogens is 450 g/mol. The van der Waals surface area contributed by atoms with E-state index in [9.17, 15) is 22.8 Å². The molecule has 0 aromatic heterocycles. The first kappa shape index (κ1) is 30.2. The van der Waals surface area contributed by atoms with Gasteiger partial charge in [-0.3, -0.25) is 18.9 Å². The Bertz CT molecular complexity index is 861. The summed E-state index contributed by atoms with van der Waals surface area (Å²) in [5, 5.41) is 14.3. The Morgan fingerprint density at radius 3 is 2.24 bits per heavy atom. The van der Waals surface area contributed by atoms with Gasteiger partial charge in [0.25, 0.3) is 16.0 Å². The molecule has 1 atom stereocenters. The molecule has 4 N–H and O–H groups in total. The zero-order chi connectivity index (χ0) is 25.3. The Hall–Kier alpha value is -2.76. The number of rotatable bonds is 13. The highest BCUT2D eigenvalue weighted by Gasteiger charge is 2.24. The predicted molar refractivity (Wildman–Crippen MR) is 127 cm³/mol. The first-order valence-corrected chi connectivity index (χ1v) is 12.4. The van der Waals surface area contributed by atoms with Crippen molar-refractivity contribution >= 4 is 27.9 Å². The summed E-state index contributed by atoms with van der Waals surface area (Å²) in [6.07, 6.45) is 12.1. The molecule has 186 valence electrons. The summed E-state index contributed by atoms with van der Waals surface area (Å²) in [4.78, 5) is 37.4. The Labute approximate surface area is 195 Å². The normalized spacial score (nSPS) is 18.1. The van der Waals surface area contributed by atoms with Gasteiger partial charge in [0, 0.05) is 31.6 Å². The number of nitrogens with zero attached hydrogens (tertiary/aromatic N) is 1. The van der Waals surface area contributed by atoms with Crippen LogP contribution in [0.25, 0.3) is 0 Å². The lowest BCUT2D eigenvalue weighted by molar-refractivity contribution is -0.138. The molecule has 0 saturated heterocycles. The van der Waals surface area contributed by atoms with Crippen LogP contribution >= 0.6 is 0 Å². The van der Waals surface area contributed by atoms with Crippen LogP contribution in [0.3, 0.4) is 0 Å². The number of carboxylic acids is 1. The van der Waals surface area contributed by atoms with Crippen LogP contribution in [0, 0.1) is 0 Å². The van der Waals surface area contributed by atoms with Crippen LogP contribution in [0.1, 0.15) is 33.1 Å². The van der Waals surface area contributed by atoms with E-state index < -0.39 is 33.8 Å². The van der Waals surface area contributed by atoms with Crippen LogP contribution < -0.4 is 10.6 Å². The van der Waals surface area contributed by atoms with Crippen molar-refractivity contribution in [1.82, 2.24) is 15.5 Å². The SMILES string of the molecule is CC.CNC(CNC(=O)C1=C/C=C\C=C/C=C\1)C(=O)N(CCCC(=O)O)CCCS(=O)(=O)O. The van der Waals surface area contributed by atoms with Crippen LogP contribution in [-0.2, 0) is 24.5 Å². The van der Waals surface area contributed by atoms with Crippen molar-refractivity contribution in [2.45, 2.75) is 39.2 Å². The number of hydrogen-bond acceptors (Lipinski definition) is 6. The smallest absolute Gasteiger partial charge is 0.303 e. The molecular formula is C22H35N3O7S. The number of hydrogen-bond donors (Lipinski definition) is 4. The average molecular weight is 486 g/mol. The minimum absolute atomic E-state index is 0.00201. The van der Waals surface area contributed by atoms with Crippen LogP contribution in [0.4, 0.5) is 0 Å². The lowest BCUT2D eigenvalue weighted by atomic mass is 10.1. The third kappa shape index (κ3) is 14.1.